The lowest BCUT2D eigenvalue weighted by molar-refractivity contribution is -0.167. The normalized spacial score (nSPS) is 11.8. The van der Waals surface area contributed by atoms with Crippen LogP contribution in [0.15, 0.2) is 0 Å². The maximum Gasteiger partial charge on any atom is 0.306 e. The van der Waals surface area contributed by atoms with Crippen LogP contribution in [0.2, 0.25) is 0 Å². The molecular weight excluding hydrogens is 648 g/mol. The summed E-state index contributed by atoms with van der Waals surface area (Å²) in [6.45, 7) is 6.62. The van der Waals surface area contributed by atoms with E-state index in [9.17, 15) is 14.4 Å². The van der Waals surface area contributed by atoms with Crippen molar-refractivity contribution in [3.63, 3.8) is 0 Å². The zero-order valence-electron chi connectivity index (χ0n) is 35.1. The lowest BCUT2D eigenvalue weighted by Crippen LogP contribution is -2.30. The summed E-state index contributed by atoms with van der Waals surface area (Å²) in [6.07, 6.45) is 42.3. The Morgan fingerprint density at radius 3 is 0.769 bits per heavy atom. The average Bonchev–Trinajstić information content (AvgIpc) is 3.14. The zero-order chi connectivity index (χ0) is 38.0. The minimum atomic E-state index is -0.757. The van der Waals surface area contributed by atoms with Gasteiger partial charge in [0.25, 0.3) is 0 Å². The molecule has 0 saturated carbocycles. The van der Waals surface area contributed by atoms with Crippen molar-refractivity contribution in [3.8, 4) is 0 Å². The second-order valence-corrected chi connectivity index (χ2v) is 15.7. The Morgan fingerprint density at radius 1 is 0.308 bits per heavy atom. The second kappa shape index (κ2) is 42.2. The predicted octanol–water partition coefficient (Wildman–Crippen LogP) is 14.5. The van der Waals surface area contributed by atoms with Crippen LogP contribution in [0.4, 0.5) is 0 Å². The number of hydrogen-bond acceptors (Lipinski definition) is 6. The van der Waals surface area contributed by atoms with Crippen LogP contribution in [-0.4, -0.2) is 37.2 Å². The molecule has 0 bridgehead atoms. The van der Waals surface area contributed by atoms with Crippen molar-refractivity contribution >= 4 is 17.9 Å². The van der Waals surface area contributed by atoms with E-state index in [2.05, 4.69) is 20.8 Å². The lowest BCUT2D eigenvalue weighted by atomic mass is 10.0. The fraction of sp³-hybridized carbons (Fsp3) is 0.935. The van der Waals surface area contributed by atoms with Crippen molar-refractivity contribution in [2.45, 2.75) is 264 Å². The largest absolute Gasteiger partial charge is 0.462 e. The molecule has 0 rings (SSSR count). The van der Waals surface area contributed by atoms with E-state index in [-0.39, 0.29) is 31.1 Å². The van der Waals surface area contributed by atoms with Gasteiger partial charge in [-0.1, -0.05) is 220 Å². The zero-order valence-corrected chi connectivity index (χ0v) is 35.1. The Morgan fingerprint density at radius 2 is 0.519 bits per heavy atom. The Labute approximate surface area is 323 Å². The number of unbranched alkanes of at least 4 members (excludes halogenated alkanes) is 31. The fourth-order valence-electron chi connectivity index (χ4n) is 6.85. The van der Waals surface area contributed by atoms with E-state index in [4.69, 9.17) is 14.2 Å². The first-order valence-electron chi connectivity index (χ1n) is 23.0. The number of hydrogen-bond donors (Lipinski definition) is 0. The van der Waals surface area contributed by atoms with Gasteiger partial charge >= 0.3 is 17.9 Å². The molecule has 0 fully saturated rings. The van der Waals surface area contributed by atoms with Crippen LogP contribution in [0.5, 0.6) is 0 Å². The summed E-state index contributed by atoms with van der Waals surface area (Å²) in [6, 6.07) is 0. The summed E-state index contributed by atoms with van der Waals surface area (Å²) >= 11 is 0. The number of carbonyl (C=O) groups excluding carboxylic acids is 3. The number of ether oxygens (including phenoxy) is 3. The molecule has 0 aromatic heterocycles. The molecule has 0 N–H and O–H groups in total. The third-order valence-corrected chi connectivity index (χ3v) is 10.4. The van der Waals surface area contributed by atoms with Gasteiger partial charge < -0.3 is 14.2 Å². The predicted molar refractivity (Wildman–Crippen MR) is 220 cm³/mol. The second-order valence-electron chi connectivity index (χ2n) is 15.7. The van der Waals surface area contributed by atoms with Crippen LogP contribution < -0.4 is 0 Å². The monoisotopic (exact) mass is 737 g/mol. The Hall–Kier alpha value is -1.59. The number of rotatable bonds is 42. The first-order chi connectivity index (χ1) is 25.5. The van der Waals surface area contributed by atoms with Crippen LogP contribution >= 0.6 is 0 Å². The molecule has 0 radical (unpaired) electrons. The van der Waals surface area contributed by atoms with Gasteiger partial charge in [0.1, 0.15) is 13.2 Å². The summed E-state index contributed by atoms with van der Waals surface area (Å²) in [7, 11) is 0. The van der Waals surface area contributed by atoms with Crippen LogP contribution in [-0.2, 0) is 28.6 Å². The third kappa shape index (κ3) is 39.6. The van der Waals surface area contributed by atoms with E-state index in [0.717, 1.165) is 57.8 Å². The van der Waals surface area contributed by atoms with Crippen LogP contribution in [0.25, 0.3) is 0 Å². The van der Waals surface area contributed by atoms with E-state index in [1.807, 2.05) is 0 Å². The topological polar surface area (TPSA) is 78.9 Å². The fourth-order valence-corrected chi connectivity index (χ4v) is 6.85. The van der Waals surface area contributed by atoms with Gasteiger partial charge in [-0.05, 0) is 19.3 Å². The van der Waals surface area contributed by atoms with Crippen molar-refractivity contribution in [3.05, 3.63) is 0 Å². The van der Waals surface area contributed by atoms with Gasteiger partial charge in [-0.15, -0.1) is 0 Å². The Kier molecular flexibility index (Phi) is 40.9. The highest BCUT2D eigenvalue weighted by molar-refractivity contribution is 5.71. The molecule has 6 heteroatoms. The van der Waals surface area contributed by atoms with Crippen LogP contribution in [0.1, 0.15) is 258 Å². The molecule has 6 nitrogen and oxygen atoms in total. The molecule has 0 aromatic rings. The van der Waals surface area contributed by atoms with E-state index in [0.29, 0.717) is 19.3 Å². The molecule has 0 amide bonds. The lowest BCUT2D eigenvalue weighted by Gasteiger charge is -2.18. The number of esters is 3. The van der Waals surface area contributed by atoms with Gasteiger partial charge in [0, 0.05) is 19.3 Å². The van der Waals surface area contributed by atoms with Gasteiger partial charge in [-0.2, -0.15) is 0 Å². The quantitative estimate of drug-likeness (QED) is 0.0353. The van der Waals surface area contributed by atoms with Crippen molar-refractivity contribution in [1.29, 1.82) is 0 Å². The van der Waals surface area contributed by atoms with Crippen molar-refractivity contribution < 1.29 is 28.6 Å². The smallest absolute Gasteiger partial charge is 0.306 e. The summed E-state index contributed by atoms with van der Waals surface area (Å²) in [5.74, 6) is -0.856. The molecule has 0 spiro atoms. The molecule has 0 saturated heterocycles. The SMILES string of the molecule is CCCCCCCCCCCCCCCCCCC(=O)OCC(COC(=O)CCCCCCCCCC)OC(=O)CCCCCCCCCCCC. The van der Waals surface area contributed by atoms with Gasteiger partial charge in [0.2, 0.25) is 0 Å². The van der Waals surface area contributed by atoms with Gasteiger partial charge in [0.15, 0.2) is 6.10 Å². The minimum absolute atomic E-state index is 0.0630. The van der Waals surface area contributed by atoms with E-state index in [1.54, 1.807) is 0 Å². The molecule has 0 heterocycles. The summed E-state index contributed by atoms with van der Waals surface area (Å²) in [5.41, 5.74) is 0. The highest BCUT2D eigenvalue weighted by atomic mass is 16.6. The molecule has 0 aliphatic carbocycles. The summed E-state index contributed by atoms with van der Waals surface area (Å²) in [4.78, 5) is 37.6. The summed E-state index contributed by atoms with van der Waals surface area (Å²) in [5, 5.41) is 0. The molecular formula is C46H88O6. The molecule has 0 aliphatic rings. The molecule has 52 heavy (non-hydrogen) atoms. The van der Waals surface area contributed by atoms with Gasteiger partial charge in [-0.25, -0.2) is 0 Å². The molecule has 308 valence electrons. The first-order valence-corrected chi connectivity index (χ1v) is 23.0. The standard InChI is InChI=1S/C46H88O6/c1-4-7-10-13-16-19-21-22-23-24-25-26-28-30-33-36-39-45(48)51-42-43(41-50-44(47)38-35-32-29-18-15-12-9-6-3)52-46(49)40-37-34-31-27-20-17-14-11-8-5-2/h43H,4-42H2,1-3H3. The molecule has 0 aliphatic heterocycles. The highest BCUT2D eigenvalue weighted by Gasteiger charge is 2.19. The van der Waals surface area contributed by atoms with Crippen molar-refractivity contribution in [1.82, 2.24) is 0 Å². The summed E-state index contributed by atoms with van der Waals surface area (Å²) < 4.78 is 16.7. The van der Waals surface area contributed by atoms with Crippen LogP contribution in [0, 0.1) is 0 Å². The maximum atomic E-state index is 12.7. The third-order valence-electron chi connectivity index (χ3n) is 10.4. The Balaban J connectivity index is 4.23. The number of carbonyl (C=O) groups is 3. The van der Waals surface area contributed by atoms with E-state index < -0.39 is 6.10 Å². The highest BCUT2D eigenvalue weighted by Crippen LogP contribution is 2.16. The van der Waals surface area contributed by atoms with Crippen molar-refractivity contribution in [2.24, 2.45) is 0 Å². The van der Waals surface area contributed by atoms with Gasteiger partial charge in [-0.3, -0.25) is 14.4 Å². The maximum absolute atomic E-state index is 12.7. The van der Waals surface area contributed by atoms with E-state index >= 15 is 0 Å². The minimum Gasteiger partial charge on any atom is -0.462 e. The Bertz CT molecular complexity index is 768. The van der Waals surface area contributed by atoms with Crippen molar-refractivity contribution in [2.75, 3.05) is 13.2 Å². The molecule has 0 aromatic carbocycles. The van der Waals surface area contributed by atoms with Crippen LogP contribution in [0.3, 0.4) is 0 Å². The average molecular weight is 737 g/mol. The van der Waals surface area contributed by atoms with E-state index in [1.165, 1.54) is 161 Å². The van der Waals surface area contributed by atoms with Gasteiger partial charge in [0.05, 0.1) is 0 Å². The molecule has 1 unspecified atom stereocenters. The molecule has 1 atom stereocenters. The first kappa shape index (κ1) is 50.4.